The van der Waals surface area contributed by atoms with Crippen LogP contribution in [0.4, 0.5) is 0 Å². The topological polar surface area (TPSA) is 42.7 Å². The first-order valence-electron chi connectivity index (χ1n) is 6.97. The lowest BCUT2D eigenvalue weighted by Crippen LogP contribution is -2.13. The van der Waals surface area contributed by atoms with Crippen LogP contribution in [0, 0.1) is 0 Å². The third kappa shape index (κ3) is 4.14. The molecular formula is C14H22N4S. The first kappa shape index (κ1) is 14.2. The van der Waals surface area contributed by atoms with Crippen molar-refractivity contribution in [3.8, 4) is 0 Å². The molecule has 0 aliphatic heterocycles. The number of nitrogens with zero attached hydrogens (tertiary/aromatic N) is 3. The lowest BCUT2D eigenvalue weighted by Gasteiger charge is -2.04. The summed E-state index contributed by atoms with van der Waals surface area (Å²) in [5.41, 5.74) is 1.13. The second kappa shape index (κ2) is 7.40. The summed E-state index contributed by atoms with van der Waals surface area (Å²) in [4.78, 5) is 9.06. The van der Waals surface area contributed by atoms with Crippen LogP contribution in [0.1, 0.15) is 43.2 Å². The molecule has 0 fully saturated rings. The summed E-state index contributed by atoms with van der Waals surface area (Å²) in [6, 6.07) is 0. The van der Waals surface area contributed by atoms with E-state index in [1.165, 1.54) is 5.01 Å². The van der Waals surface area contributed by atoms with E-state index in [0.717, 1.165) is 50.4 Å². The van der Waals surface area contributed by atoms with Gasteiger partial charge in [0.1, 0.15) is 10.8 Å². The van der Waals surface area contributed by atoms with Crippen LogP contribution in [0.5, 0.6) is 0 Å². The molecule has 19 heavy (non-hydrogen) atoms. The van der Waals surface area contributed by atoms with E-state index in [0.29, 0.717) is 0 Å². The van der Waals surface area contributed by atoms with Crippen molar-refractivity contribution < 1.29 is 0 Å². The van der Waals surface area contributed by atoms with Crippen molar-refractivity contribution in [3.05, 3.63) is 34.3 Å². The van der Waals surface area contributed by atoms with E-state index in [2.05, 4.69) is 39.1 Å². The zero-order valence-electron chi connectivity index (χ0n) is 11.7. The highest BCUT2D eigenvalue weighted by atomic mass is 32.1. The van der Waals surface area contributed by atoms with Gasteiger partial charge in [-0.3, -0.25) is 0 Å². The molecule has 0 spiro atoms. The first-order chi connectivity index (χ1) is 9.33. The van der Waals surface area contributed by atoms with Crippen LogP contribution < -0.4 is 5.32 Å². The summed E-state index contributed by atoms with van der Waals surface area (Å²) < 4.78 is 2.20. The molecule has 4 nitrogen and oxygen atoms in total. The Balaban J connectivity index is 1.93. The maximum Gasteiger partial charge on any atom is 0.108 e. The number of imidazole rings is 1. The summed E-state index contributed by atoms with van der Waals surface area (Å²) in [6.45, 7) is 7.12. The molecule has 104 valence electrons. The van der Waals surface area contributed by atoms with Gasteiger partial charge in [-0.25, -0.2) is 9.97 Å². The van der Waals surface area contributed by atoms with Crippen LogP contribution >= 0.6 is 11.3 Å². The Labute approximate surface area is 118 Å². The molecule has 2 heterocycles. The van der Waals surface area contributed by atoms with Gasteiger partial charge in [0.05, 0.1) is 12.2 Å². The fourth-order valence-electron chi connectivity index (χ4n) is 1.99. The standard InChI is InChI=1S/C14H22N4S/c1-3-5-13-16-7-8-18(13)10-12-11-19-14(17-12)9-15-6-4-2/h7-8,11,15H,3-6,9-10H2,1-2H3. The van der Waals surface area contributed by atoms with Crippen LogP contribution in [0.15, 0.2) is 17.8 Å². The quantitative estimate of drug-likeness (QED) is 0.755. The van der Waals surface area contributed by atoms with E-state index in [1.54, 1.807) is 11.3 Å². The number of rotatable bonds is 8. The van der Waals surface area contributed by atoms with Crippen molar-refractivity contribution in [2.75, 3.05) is 6.54 Å². The van der Waals surface area contributed by atoms with Crippen LogP contribution in [-0.4, -0.2) is 21.1 Å². The highest BCUT2D eigenvalue weighted by molar-refractivity contribution is 7.09. The average Bonchev–Trinajstić information content (AvgIpc) is 3.02. The predicted molar refractivity (Wildman–Crippen MR) is 79.4 cm³/mol. The van der Waals surface area contributed by atoms with Crippen molar-refractivity contribution in [1.29, 1.82) is 0 Å². The van der Waals surface area contributed by atoms with Gasteiger partial charge in [0.25, 0.3) is 0 Å². The molecule has 0 saturated heterocycles. The second-order valence-electron chi connectivity index (χ2n) is 4.63. The largest absolute Gasteiger partial charge is 0.329 e. The molecule has 0 amide bonds. The Morgan fingerprint density at radius 1 is 1.32 bits per heavy atom. The molecule has 5 heteroatoms. The van der Waals surface area contributed by atoms with E-state index in [4.69, 9.17) is 0 Å². The SMILES string of the molecule is CCCNCc1nc(Cn2ccnc2CCC)cs1. The molecular weight excluding hydrogens is 256 g/mol. The number of hydrogen-bond donors (Lipinski definition) is 1. The van der Waals surface area contributed by atoms with Crippen LogP contribution in [0.25, 0.3) is 0 Å². The predicted octanol–water partition coefficient (Wildman–Crippen LogP) is 2.84. The van der Waals surface area contributed by atoms with Gasteiger partial charge in [-0.1, -0.05) is 13.8 Å². The van der Waals surface area contributed by atoms with Gasteiger partial charge in [-0.15, -0.1) is 11.3 Å². The van der Waals surface area contributed by atoms with E-state index in [9.17, 15) is 0 Å². The van der Waals surface area contributed by atoms with E-state index in [1.807, 2.05) is 12.4 Å². The minimum Gasteiger partial charge on any atom is -0.329 e. The minimum atomic E-state index is 0.833. The van der Waals surface area contributed by atoms with Crippen LogP contribution in [0.2, 0.25) is 0 Å². The molecule has 1 N–H and O–H groups in total. The van der Waals surface area contributed by atoms with Crippen molar-refractivity contribution in [2.45, 2.75) is 46.2 Å². The van der Waals surface area contributed by atoms with Gasteiger partial charge in [-0.2, -0.15) is 0 Å². The maximum atomic E-state index is 4.67. The Morgan fingerprint density at radius 3 is 3.00 bits per heavy atom. The Kier molecular flexibility index (Phi) is 5.54. The third-order valence-corrected chi connectivity index (χ3v) is 3.81. The minimum absolute atomic E-state index is 0.833. The molecule has 0 aliphatic carbocycles. The smallest absolute Gasteiger partial charge is 0.108 e. The average molecular weight is 278 g/mol. The zero-order chi connectivity index (χ0) is 13.5. The van der Waals surface area contributed by atoms with E-state index < -0.39 is 0 Å². The lowest BCUT2D eigenvalue weighted by atomic mass is 10.3. The van der Waals surface area contributed by atoms with Gasteiger partial charge < -0.3 is 9.88 Å². The summed E-state index contributed by atoms with van der Waals surface area (Å²) >= 11 is 1.73. The first-order valence-corrected chi connectivity index (χ1v) is 7.85. The Morgan fingerprint density at radius 2 is 2.21 bits per heavy atom. The van der Waals surface area contributed by atoms with Gasteiger partial charge in [-0.05, 0) is 19.4 Å². The second-order valence-corrected chi connectivity index (χ2v) is 5.57. The van der Waals surface area contributed by atoms with E-state index in [-0.39, 0.29) is 0 Å². The molecule has 0 saturated carbocycles. The van der Waals surface area contributed by atoms with Gasteiger partial charge in [0.2, 0.25) is 0 Å². The zero-order valence-corrected chi connectivity index (χ0v) is 12.5. The molecule has 2 aromatic rings. The van der Waals surface area contributed by atoms with E-state index >= 15 is 0 Å². The molecule has 2 aromatic heterocycles. The van der Waals surface area contributed by atoms with Crippen molar-refractivity contribution >= 4 is 11.3 Å². The molecule has 2 rings (SSSR count). The monoisotopic (exact) mass is 278 g/mol. The number of aryl methyl sites for hydroxylation is 1. The molecule has 0 atom stereocenters. The maximum absolute atomic E-state index is 4.67. The summed E-state index contributed by atoms with van der Waals surface area (Å²) in [7, 11) is 0. The van der Waals surface area contributed by atoms with Crippen LogP contribution in [0.3, 0.4) is 0 Å². The van der Waals surface area contributed by atoms with Crippen molar-refractivity contribution in [3.63, 3.8) is 0 Å². The van der Waals surface area contributed by atoms with Gasteiger partial charge in [0, 0.05) is 30.7 Å². The van der Waals surface area contributed by atoms with Crippen molar-refractivity contribution in [2.24, 2.45) is 0 Å². The molecule has 0 aliphatic rings. The third-order valence-electron chi connectivity index (χ3n) is 2.91. The Hall–Kier alpha value is -1.20. The van der Waals surface area contributed by atoms with Gasteiger partial charge >= 0.3 is 0 Å². The molecule has 0 unspecified atom stereocenters. The van der Waals surface area contributed by atoms with Crippen LogP contribution in [-0.2, 0) is 19.5 Å². The number of aromatic nitrogens is 3. The molecule has 0 bridgehead atoms. The summed E-state index contributed by atoms with van der Waals surface area (Å²) in [6.07, 6.45) is 7.23. The fourth-order valence-corrected chi connectivity index (χ4v) is 2.74. The van der Waals surface area contributed by atoms with Crippen molar-refractivity contribution in [1.82, 2.24) is 19.9 Å². The highest BCUT2D eigenvalue weighted by Crippen LogP contribution is 2.12. The fraction of sp³-hybridized carbons (Fsp3) is 0.571. The highest BCUT2D eigenvalue weighted by Gasteiger charge is 2.06. The lowest BCUT2D eigenvalue weighted by molar-refractivity contribution is 0.664. The Bertz CT molecular complexity index is 489. The number of nitrogens with one attached hydrogen (secondary N) is 1. The number of thiazole rings is 1. The molecule has 0 aromatic carbocycles. The normalized spacial score (nSPS) is 11.1. The summed E-state index contributed by atoms with van der Waals surface area (Å²) in [5.74, 6) is 1.15. The number of hydrogen-bond acceptors (Lipinski definition) is 4. The molecule has 0 radical (unpaired) electrons. The van der Waals surface area contributed by atoms with Gasteiger partial charge in [0.15, 0.2) is 0 Å². The summed E-state index contributed by atoms with van der Waals surface area (Å²) in [5, 5.41) is 6.70.